The first kappa shape index (κ1) is 11.4. The molecule has 0 saturated carbocycles. The van der Waals surface area contributed by atoms with E-state index in [1.165, 1.54) is 0 Å². The van der Waals surface area contributed by atoms with Gasteiger partial charge in [-0.05, 0) is 36.8 Å². The zero-order valence-corrected chi connectivity index (χ0v) is 9.99. The second kappa shape index (κ2) is 4.86. The highest BCUT2D eigenvalue weighted by Gasteiger charge is 2.03. The van der Waals surface area contributed by atoms with Crippen LogP contribution in [-0.4, -0.2) is 4.98 Å². The maximum absolute atomic E-state index is 8.80. The summed E-state index contributed by atoms with van der Waals surface area (Å²) in [6.45, 7) is 1.93. The van der Waals surface area contributed by atoms with Gasteiger partial charge < -0.3 is 5.32 Å². The predicted molar refractivity (Wildman–Crippen MR) is 68.4 cm³/mol. The van der Waals surface area contributed by atoms with Crippen LogP contribution in [0.2, 0.25) is 5.02 Å². The van der Waals surface area contributed by atoms with Crippen LogP contribution in [0.3, 0.4) is 0 Å². The zero-order valence-electron chi connectivity index (χ0n) is 9.24. The average molecular weight is 244 g/mol. The van der Waals surface area contributed by atoms with E-state index in [4.69, 9.17) is 16.9 Å². The normalized spacial score (nSPS) is 9.71. The van der Waals surface area contributed by atoms with Gasteiger partial charge in [0.1, 0.15) is 5.82 Å². The summed E-state index contributed by atoms with van der Waals surface area (Å²) in [6, 6.07) is 11.1. The molecule has 17 heavy (non-hydrogen) atoms. The van der Waals surface area contributed by atoms with Crippen molar-refractivity contribution >= 4 is 23.1 Å². The van der Waals surface area contributed by atoms with E-state index in [1.54, 1.807) is 18.3 Å². The number of nitriles is 1. The average Bonchev–Trinajstić information content (AvgIpc) is 2.35. The highest BCUT2D eigenvalue weighted by Crippen LogP contribution is 2.25. The van der Waals surface area contributed by atoms with Crippen LogP contribution in [0.1, 0.15) is 11.1 Å². The lowest BCUT2D eigenvalue weighted by atomic mass is 10.2. The number of hydrogen-bond donors (Lipinski definition) is 1. The molecule has 0 unspecified atom stereocenters. The van der Waals surface area contributed by atoms with E-state index < -0.39 is 0 Å². The molecule has 0 atom stereocenters. The van der Waals surface area contributed by atoms with Gasteiger partial charge in [0.05, 0.1) is 11.6 Å². The van der Waals surface area contributed by atoms with Crippen LogP contribution in [0.4, 0.5) is 11.5 Å². The van der Waals surface area contributed by atoms with Gasteiger partial charge in [-0.1, -0.05) is 17.7 Å². The topological polar surface area (TPSA) is 48.7 Å². The van der Waals surface area contributed by atoms with Crippen LogP contribution in [0, 0.1) is 18.3 Å². The lowest BCUT2D eigenvalue weighted by molar-refractivity contribution is 1.28. The first-order chi connectivity index (χ1) is 8.20. The van der Waals surface area contributed by atoms with Crippen molar-refractivity contribution in [2.45, 2.75) is 6.92 Å². The second-order valence-electron chi connectivity index (χ2n) is 3.58. The van der Waals surface area contributed by atoms with Gasteiger partial charge >= 0.3 is 0 Å². The van der Waals surface area contributed by atoms with E-state index in [-0.39, 0.29) is 0 Å². The minimum absolute atomic E-state index is 0.571. The van der Waals surface area contributed by atoms with E-state index in [2.05, 4.69) is 16.4 Å². The third-order valence-corrected chi connectivity index (χ3v) is 2.83. The van der Waals surface area contributed by atoms with E-state index in [0.29, 0.717) is 16.4 Å². The molecule has 0 spiro atoms. The monoisotopic (exact) mass is 243 g/mol. The van der Waals surface area contributed by atoms with Gasteiger partial charge in [-0.25, -0.2) is 4.98 Å². The van der Waals surface area contributed by atoms with Crippen LogP contribution in [-0.2, 0) is 0 Å². The molecule has 1 N–H and O–H groups in total. The Morgan fingerprint density at radius 1 is 1.35 bits per heavy atom. The van der Waals surface area contributed by atoms with Gasteiger partial charge in [0.25, 0.3) is 0 Å². The second-order valence-corrected chi connectivity index (χ2v) is 3.99. The fraction of sp³-hybridized carbons (Fsp3) is 0.0769. The molecule has 1 heterocycles. The van der Waals surface area contributed by atoms with Gasteiger partial charge in [0.15, 0.2) is 0 Å². The lowest BCUT2D eigenvalue weighted by Gasteiger charge is -2.09. The van der Waals surface area contributed by atoms with Crippen molar-refractivity contribution in [2.24, 2.45) is 0 Å². The van der Waals surface area contributed by atoms with Crippen LogP contribution in [0.15, 0.2) is 36.5 Å². The number of halogens is 1. The summed E-state index contributed by atoms with van der Waals surface area (Å²) in [5, 5.41) is 12.6. The number of anilines is 2. The first-order valence-corrected chi connectivity index (χ1v) is 5.47. The summed E-state index contributed by atoms with van der Waals surface area (Å²) < 4.78 is 0. The highest BCUT2D eigenvalue weighted by atomic mass is 35.5. The molecule has 0 aliphatic rings. The zero-order chi connectivity index (χ0) is 12.3. The molecule has 4 heteroatoms. The molecule has 0 amide bonds. The van der Waals surface area contributed by atoms with Crippen LogP contribution < -0.4 is 5.32 Å². The molecular weight excluding hydrogens is 234 g/mol. The Morgan fingerprint density at radius 2 is 2.18 bits per heavy atom. The van der Waals surface area contributed by atoms with Crippen molar-refractivity contribution in [3.05, 3.63) is 52.7 Å². The van der Waals surface area contributed by atoms with Gasteiger partial charge in [-0.15, -0.1) is 0 Å². The SMILES string of the molecule is Cc1c(Cl)cccc1Nc1cc(C#N)ccn1. The number of rotatable bonds is 2. The van der Waals surface area contributed by atoms with Crippen molar-refractivity contribution < 1.29 is 0 Å². The number of aromatic nitrogens is 1. The standard InChI is InChI=1S/C13H10ClN3/c1-9-11(14)3-2-4-12(9)17-13-7-10(8-15)5-6-16-13/h2-7H,1H3,(H,16,17). The summed E-state index contributed by atoms with van der Waals surface area (Å²) in [7, 11) is 0. The maximum atomic E-state index is 8.80. The van der Waals surface area contributed by atoms with E-state index >= 15 is 0 Å². The largest absolute Gasteiger partial charge is 0.340 e. The fourth-order valence-corrected chi connectivity index (χ4v) is 1.62. The molecule has 1 aromatic heterocycles. The summed E-state index contributed by atoms with van der Waals surface area (Å²) in [4.78, 5) is 4.15. The Morgan fingerprint density at radius 3 is 2.94 bits per heavy atom. The minimum Gasteiger partial charge on any atom is -0.340 e. The van der Waals surface area contributed by atoms with Gasteiger partial charge in [0.2, 0.25) is 0 Å². The van der Waals surface area contributed by atoms with E-state index in [9.17, 15) is 0 Å². The fourth-order valence-electron chi connectivity index (χ4n) is 1.45. The van der Waals surface area contributed by atoms with Crippen LogP contribution in [0.25, 0.3) is 0 Å². The van der Waals surface area contributed by atoms with Crippen LogP contribution in [0.5, 0.6) is 0 Å². The molecule has 3 nitrogen and oxygen atoms in total. The molecule has 2 rings (SSSR count). The number of benzene rings is 1. The van der Waals surface area contributed by atoms with E-state index in [0.717, 1.165) is 11.3 Å². The van der Waals surface area contributed by atoms with Crippen molar-refractivity contribution in [1.82, 2.24) is 4.98 Å². The summed E-state index contributed by atoms with van der Waals surface area (Å²) >= 11 is 6.03. The van der Waals surface area contributed by atoms with Crippen molar-refractivity contribution in [2.75, 3.05) is 5.32 Å². The quantitative estimate of drug-likeness (QED) is 0.876. The molecule has 0 radical (unpaired) electrons. The Balaban J connectivity index is 2.32. The molecule has 1 aromatic carbocycles. The Kier molecular flexibility index (Phi) is 3.27. The summed E-state index contributed by atoms with van der Waals surface area (Å²) in [5.74, 6) is 0.634. The molecule has 0 fully saturated rings. The lowest BCUT2D eigenvalue weighted by Crippen LogP contribution is -1.96. The highest BCUT2D eigenvalue weighted by molar-refractivity contribution is 6.31. The third-order valence-electron chi connectivity index (χ3n) is 2.42. The van der Waals surface area contributed by atoms with Crippen molar-refractivity contribution in [3.63, 3.8) is 0 Å². The van der Waals surface area contributed by atoms with Crippen molar-refractivity contribution in [3.8, 4) is 6.07 Å². The maximum Gasteiger partial charge on any atom is 0.131 e. The minimum atomic E-state index is 0.571. The Labute approximate surface area is 105 Å². The van der Waals surface area contributed by atoms with Gasteiger partial charge in [0, 0.05) is 16.9 Å². The van der Waals surface area contributed by atoms with Gasteiger partial charge in [-0.3, -0.25) is 0 Å². The van der Waals surface area contributed by atoms with E-state index in [1.807, 2.05) is 25.1 Å². The van der Waals surface area contributed by atoms with Gasteiger partial charge in [-0.2, -0.15) is 5.26 Å². The molecule has 0 bridgehead atoms. The van der Waals surface area contributed by atoms with Crippen molar-refractivity contribution in [1.29, 1.82) is 5.26 Å². The first-order valence-electron chi connectivity index (χ1n) is 5.09. The predicted octanol–water partition coefficient (Wildman–Crippen LogP) is 3.66. The number of pyridine rings is 1. The third kappa shape index (κ3) is 2.55. The number of nitrogens with zero attached hydrogens (tertiary/aromatic N) is 2. The Hall–Kier alpha value is -2.05. The summed E-state index contributed by atoms with van der Waals surface area (Å²) in [6.07, 6.45) is 1.60. The molecular formula is C13H10ClN3. The summed E-state index contributed by atoms with van der Waals surface area (Å²) in [5.41, 5.74) is 2.42. The molecule has 2 aromatic rings. The number of hydrogen-bond acceptors (Lipinski definition) is 3. The molecule has 0 aliphatic carbocycles. The van der Waals surface area contributed by atoms with Crippen LogP contribution >= 0.6 is 11.6 Å². The number of nitrogens with one attached hydrogen (secondary N) is 1. The molecule has 84 valence electrons. The molecule has 0 saturated heterocycles. The Bertz CT molecular complexity index is 587. The smallest absolute Gasteiger partial charge is 0.131 e. The molecule has 0 aliphatic heterocycles.